The summed E-state index contributed by atoms with van der Waals surface area (Å²) in [5.74, 6) is 1.23. The molecule has 142 valence electrons. The molecule has 0 radical (unpaired) electrons. The van der Waals surface area contributed by atoms with Crippen LogP contribution in [0.5, 0.6) is 5.75 Å². The smallest absolute Gasteiger partial charge is 0.261 e. The van der Waals surface area contributed by atoms with Crippen LogP contribution in [-0.2, 0) is 13.1 Å². The Morgan fingerprint density at radius 2 is 2.11 bits per heavy atom. The fourth-order valence-electron chi connectivity index (χ4n) is 3.71. The molecule has 0 saturated carbocycles. The van der Waals surface area contributed by atoms with Gasteiger partial charge in [0.15, 0.2) is 0 Å². The van der Waals surface area contributed by atoms with Crippen LogP contribution in [0.4, 0.5) is 0 Å². The molecule has 4 rings (SSSR count). The summed E-state index contributed by atoms with van der Waals surface area (Å²) in [6.07, 6.45) is 3.86. The van der Waals surface area contributed by atoms with Crippen molar-refractivity contribution >= 4 is 22.2 Å². The van der Waals surface area contributed by atoms with Crippen LogP contribution in [0.25, 0.3) is 10.9 Å². The first-order chi connectivity index (χ1) is 13.1. The summed E-state index contributed by atoms with van der Waals surface area (Å²) in [6, 6.07) is 5.42. The van der Waals surface area contributed by atoms with Crippen LogP contribution in [0, 0.1) is 12.8 Å². The largest absolute Gasteiger partial charge is 0.497 e. The molecule has 6 nitrogen and oxygen atoms in total. The van der Waals surface area contributed by atoms with E-state index in [1.165, 1.54) is 5.69 Å². The first-order valence-electron chi connectivity index (χ1n) is 9.29. The van der Waals surface area contributed by atoms with Crippen molar-refractivity contribution in [3.05, 3.63) is 51.0 Å². The minimum atomic E-state index is 0.0306. The fraction of sp³-hybridized carbons (Fsp3) is 0.450. The molecule has 2 aromatic heterocycles. The summed E-state index contributed by atoms with van der Waals surface area (Å²) in [6.45, 7) is 5.81. The van der Waals surface area contributed by atoms with Gasteiger partial charge in [0.25, 0.3) is 5.56 Å². The summed E-state index contributed by atoms with van der Waals surface area (Å²) in [5, 5.41) is 3.92. The Balaban J connectivity index is 1.40. The van der Waals surface area contributed by atoms with E-state index in [0.29, 0.717) is 16.8 Å². The second kappa shape index (κ2) is 7.78. The topological polar surface area (TPSA) is 60.2 Å². The minimum Gasteiger partial charge on any atom is -0.497 e. The van der Waals surface area contributed by atoms with Crippen LogP contribution in [-0.4, -0.2) is 39.6 Å². The number of fused-ring (bicyclic) bond motifs is 1. The zero-order valence-electron chi connectivity index (χ0n) is 15.7. The molecule has 0 spiro atoms. The van der Waals surface area contributed by atoms with Gasteiger partial charge in [-0.3, -0.25) is 14.3 Å². The molecule has 0 aliphatic carbocycles. The number of piperidine rings is 1. The Morgan fingerprint density at radius 1 is 1.30 bits per heavy atom. The number of ether oxygens (including phenoxy) is 1. The highest BCUT2D eigenvalue weighted by Crippen LogP contribution is 2.21. The Kier molecular flexibility index (Phi) is 5.22. The van der Waals surface area contributed by atoms with Crippen LogP contribution in [0.2, 0.25) is 0 Å². The summed E-state index contributed by atoms with van der Waals surface area (Å²) in [7, 11) is 1.62. The van der Waals surface area contributed by atoms with E-state index in [9.17, 15) is 4.79 Å². The average Bonchev–Trinajstić information content (AvgIpc) is 3.10. The predicted molar refractivity (Wildman–Crippen MR) is 107 cm³/mol. The second-order valence-electron chi connectivity index (χ2n) is 7.16. The Morgan fingerprint density at radius 3 is 2.81 bits per heavy atom. The number of rotatable bonds is 5. The first-order valence-corrected chi connectivity index (χ1v) is 10.2. The number of methoxy groups -OCH3 is 1. The van der Waals surface area contributed by atoms with E-state index in [1.807, 2.05) is 13.0 Å². The Labute approximate surface area is 162 Å². The van der Waals surface area contributed by atoms with Crippen LogP contribution in [0.3, 0.4) is 0 Å². The van der Waals surface area contributed by atoms with Gasteiger partial charge >= 0.3 is 0 Å². The van der Waals surface area contributed by atoms with Gasteiger partial charge in [0.2, 0.25) is 0 Å². The number of likely N-dealkylation sites (tertiary alicyclic amines) is 1. The van der Waals surface area contributed by atoms with Crippen molar-refractivity contribution in [3.8, 4) is 5.75 Å². The van der Waals surface area contributed by atoms with Gasteiger partial charge in [0.1, 0.15) is 5.75 Å². The summed E-state index contributed by atoms with van der Waals surface area (Å²) in [4.78, 5) is 24.2. The van der Waals surface area contributed by atoms with Crippen molar-refractivity contribution in [2.24, 2.45) is 5.92 Å². The predicted octanol–water partition coefficient (Wildman–Crippen LogP) is 3.08. The maximum absolute atomic E-state index is 12.8. The normalized spacial score (nSPS) is 16.1. The lowest BCUT2D eigenvalue weighted by atomic mass is 9.96. The second-order valence-corrected chi connectivity index (χ2v) is 8.22. The zero-order valence-corrected chi connectivity index (χ0v) is 16.5. The zero-order chi connectivity index (χ0) is 18.8. The van der Waals surface area contributed by atoms with Crippen LogP contribution >= 0.6 is 11.3 Å². The third kappa shape index (κ3) is 4.04. The molecule has 0 amide bonds. The van der Waals surface area contributed by atoms with E-state index in [4.69, 9.17) is 4.74 Å². The Hall–Kier alpha value is -2.25. The number of hydrogen-bond donors (Lipinski definition) is 0. The molecular formula is C20H24N4O2S. The molecule has 1 saturated heterocycles. The molecule has 0 N–H and O–H groups in total. The number of benzene rings is 1. The van der Waals surface area contributed by atoms with E-state index >= 15 is 0 Å². The number of aryl methyl sites for hydroxylation is 1. The summed E-state index contributed by atoms with van der Waals surface area (Å²) in [5.41, 5.74) is 1.88. The lowest BCUT2D eigenvalue weighted by Gasteiger charge is -2.31. The van der Waals surface area contributed by atoms with E-state index < -0.39 is 0 Å². The molecule has 1 aromatic carbocycles. The highest BCUT2D eigenvalue weighted by molar-refractivity contribution is 7.09. The van der Waals surface area contributed by atoms with Crippen molar-refractivity contribution < 1.29 is 4.74 Å². The van der Waals surface area contributed by atoms with Gasteiger partial charge in [-0.25, -0.2) is 9.97 Å². The Bertz CT molecular complexity index is 989. The summed E-state index contributed by atoms with van der Waals surface area (Å²) < 4.78 is 6.97. The molecule has 3 heterocycles. The van der Waals surface area contributed by atoms with E-state index in [-0.39, 0.29) is 5.56 Å². The summed E-state index contributed by atoms with van der Waals surface area (Å²) >= 11 is 1.71. The van der Waals surface area contributed by atoms with Gasteiger partial charge in [-0.1, -0.05) is 0 Å². The molecule has 1 aliphatic rings. The van der Waals surface area contributed by atoms with E-state index in [0.717, 1.165) is 49.8 Å². The lowest BCUT2D eigenvalue weighted by molar-refractivity contribution is 0.165. The van der Waals surface area contributed by atoms with Gasteiger partial charge in [-0.2, -0.15) is 0 Å². The van der Waals surface area contributed by atoms with Gasteiger partial charge in [-0.05, 0) is 50.9 Å². The third-order valence-electron chi connectivity index (χ3n) is 5.25. The van der Waals surface area contributed by atoms with Crippen molar-refractivity contribution in [1.29, 1.82) is 0 Å². The van der Waals surface area contributed by atoms with Crippen LogP contribution in [0.1, 0.15) is 23.5 Å². The van der Waals surface area contributed by atoms with Crippen molar-refractivity contribution in [2.75, 3.05) is 20.2 Å². The highest BCUT2D eigenvalue weighted by atomic mass is 32.1. The molecule has 0 atom stereocenters. The van der Waals surface area contributed by atoms with Gasteiger partial charge < -0.3 is 4.74 Å². The quantitative estimate of drug-likeness (QED) is 0.677. The molecule has 7 heteroatoms. The maximum Gasteiger partial charge on any atom is 0.261 e. The number of thiazole rings is 1. The van der Waals surface area contributed by atoms with Crippen LogP contribution < -0.4 is 10.3 Å². The van der Waals surface area contributed by atoms with Gasteiger partial charge in [0.05, 0.1) is 35.0 Å². The minimum absolute atomic E-state index is 0.0306. The van der Waals surface area contributed by atoms with Crippen molar-refractivity contribution in [3.63, 3.8) is 0 Å². The molecule has 1 aliphatic heterocycles. The van der Waals surface area contributed by atoms with Crippen molar-refractivity contribution in [2.45, 2.75) is 32.9 Å². The third-order valence-corrected chi connectivity index (χ3v) is 6.07. The molecule has 3 aromatic rings. The monoisotopic (exact) mass is 384 g/mol. The van der Waals surface area contributed by atoms with Crippen molar-refractivity contribution in [1.82, 2.24) is 19.4 Å². The molecule has 0 unspecified atom stereocenters. The standard InChI is InChI=1S/C20H24N4O2S/c1-14-22-16(12-27-14)11-23-7-5-15(6-8-23)10-24-13-21-19-9-17(26-2)3-4-18(19)20(24)25/h3-4,9,12-13,15H,5-8,10-11H2,1-2H3. The molecule has 27 heavy (non-hydrogen) atoms. The molecular weight excluding hydrogens is 360 g/mol. The van der Waals surface area contributed by atoms with Gasteiger partial charge in [0, 0.05) is 24.5 Å². The highest BCUT2D eigenvalue weighted by Gasteiger charge is 2.21. The molecule has 0 bridgehead atoms. The van der Waals surface area contributed by atoms with E-state index in [1.54, 1.807) is 41.5 Å². The first kappa shape index (κ1) is 18.1. The maximum atomic E-state index is 12.8. The van der Waals surface area contributed by atoms with Gasteiger partial charge in [-0.15, -0.1) is 11.3 Å². The molecule has 1 fully saturated rings. The number of hydrogen-bond acceptors (Lipinski definition) is 6. The lowest BCUT2D eigenvalue weighted by Crippen LogP contribution is -2.36. The number of aromatic nitrogens is 3. The number of nitrogens with zero attached hydrogens (tertiary/aromatic N) is 4. The fourth-order valence-corrected chi connectivity index (χ4v) is 4.31. The van der Waals surface area contributed by atoms with Crippen LogP contribution in [0.15, 0.2) is 34.7 Å². The SMILES string of the molecule is COc1ccc2c(=O)n(CC3CCN(Cc4csc(C)n4)CC3)cnc2c1. The van der Waals surface area contributed by atoms with E-state index in [2.05, 4.69) is 20.2 Å². The average molecular weight is 385 g/mol.